The maximum atomic E-state index is 13.5. The summed E-state index contributed by atoms with van der Waals surface area (Å²) in [5, 5.41) is 4.12. The van der Waals surface area contributed by atoms with Gasteiger partial charge in [-0.05, 0) is 31.9 Å². The van der Waals surface area contributed by atoms with Crippen LogP contribution in [0.5, 0.6) is 0 Å². The molecule has 1 aliphatic heterocycles. The first-order valence-corrected chi connectivity index (χ1v) is 10.8. The van der Waals surface area contributed by atoms with Gasteiger partial charge in [0.1, 0.15) is 5.01 Å². The summed E-state index contributed by atoms with van der Waals surface area (Å²) in [6, 6.07) is 8.28. The molecule has 0 saturated carbocycles. The predicted octanol–water partition coefficient (Wildman–Crippen LogP) is 4.08. The Kier molecular flexibility index (Phi) is 5.42. The van der Waals surface area contributed by atoms with E-state index in [9.17, 15) is 4.79 Å². The van der Waals surface area contributed by atoms with Gasteiger partial charge in [0.05, 0.1) is 17.1 Å². The molecule has 4 rings (SSSR count). The lowest BCUT2D eigenvalue weighted by Gasteiger charge is -2.37. The van der Waals surface area contributed by atoms with Crippen LogP contribution in [0.25, 0.3) is 10.9 Å². The molecule has 6 heteroatoms. The molecule has 1 unspecified atom stereocenters. The lowest BCUT2D eigenvalue weighted by Crippen LogP contribution is -2.49. The summed E-state index contributed by atoms with van der Waals surface area (Å²) in [4.78, 5) is 27.1. The average Bonchev–Trinajstić information content (AvgIpc) is 3.27. The summed E-state index contributed by atoms with van der Waals surface area (Å²) >= 11 is 1.70. The summed E-state index contributed by atoms with van der Waals surface area (Å²) in [6.07, 6.45) is 2.69. The maximum Gasteiger partial charge on any atom is 0.254 e. The van der Waals surface area contributed by atoms with Crippen molar-refractivity contribution in [3.05, 3.63) is 57.7 Å². The van der Waals surface area contributed by atoms with Crippen LogP contribution in [0.3, 0.4) is 0 Å². The van der Waals surface area contributed by atoms with Crippen LogP contribution in [0.4, 0.5) is 0 Å². The van der Waals surface area contributed by atoms with Gasteiger partial charge in [-0.25, -0.2) is 4.98 Å². The van der Waals surface area contributed by atoms with Crippen molar-refractivity contribution in [1.82, 2.24) is 19.8 Å². The van der Waals surface area contributed by atoms with Crippen molar-refractivity contribution >= 4 is 28.1 Å². The van der Waals surface area contributed by atoms with Crippen molar-refractivity contribution in [3.63, 3.8) is 0 Å². The van der Waals surface area contributed by atoms with Gasteiger partial charge >= 0.3 is 0 Å². The van der Waals surface area contributed by atoms with Crippen molar-refractivity contribution in [1.29, 1.82) is 0 Å². The van der Waals surface area contributed by atoms with Gasteiger partial charge < -0.3 is 4.90 Å². The molecule has 0 aliphatic carbocycles. The molecule has 146 valence electrons. The smallest absolute Gasteiger partial charge is 0.254 e. The van der Waals surface area contributed by atoms with Crippen molar-refractivity contribution in [2.45, 2.75) is 33.2 Å². The number of piperazine rings is 1. The standard InChI is InChI=1S/C22H26N4OS/c1-4-18-15(2)20(17-7-5-6-8-19(17)24-18)22(27)26-12-10-25(11-13-26)16(3)21-23-9-14-28-21/h5-9,14,16H,4,10-13H2,1-3H3. The molecule has 0 radical (unpaired) electrons. The predicted molar refractivity (Wildman–Crippen MR) is 114 cm³/mol. The Morgan fingerprint density at radius 2 is 1.96 bits per heavy atom. The first-order valence-electron chi connectivity index (χ1n) is 9.91. The molecule has 1 fully saturated rings. The van der Waals surface area contributed by atoms with Gasteiger partial charge in [-0.15, -0.1) is 11.3 Å². The third-order valence-electron chi connectivity index (χ3n) is 5.74. The minimum atomic E-state index is 0.132. The number of pyridine rings is 1. The molecular formula is C22H26N4OS. The van der Waals surface area contributed by atoms with E-state index in [-0.39, 0.29) is 5.91 Å². The molecule has 1 atom stereocenters. The molecule has 1 aromatic carbocycles. The van der Waals surface area contributed by atoms with Gasteiger partial charge in [-0.3, -0.25) is 14.7 Å². The van der Waals surface area contributed by atoms with Crippen LogP contribution in [0.1, 0.15) is 46.5 Å². The van der Waals surface area contributed by atoms with Crippen LogP contribution >= 0.6 is 11.3 Å². The van der Waals surface area contributed by atoms with Crippen LogP contribution < -0.4 is 0 Å². The van der Waals surface area contributed by atoms with E-state index in [0.717, 1.165) is 65.3 Å². The number of aryl methyl sites for hydroxylation is 1. The van der Waals surface area contributed by atoms with E-state index in [1.54, 1.807) is 11.3 Å². The van der Waals surface area contributed by atoms with E-state index in [0.29, 0.717) is 6.04 Å². The number of benzene rings is 1. The second-order valence-corrected chi connectivity index (χ2v) is 8.23. The van der Waals surface area contributed by atoms with E-state index in [2.05, 4.69) is 23.7 Å². The minimum Gasteiger partial charge on any atom is -0.336 e. The van der Waals surface area contributed by atoms with E-state index in [1.807, 2.05) is 47.7 Å². The molecule has 5 nitrogen and oxygen atoms in total. The normalized spacial score (nSPS) is 16.5. The summed E-state index contributed by atoms with van der Waals surface area (Å²) in [5.41, 5.74) is 3.76. The molecule has 0 spiro atoms. The highest BCUT2D eigenvalue weighted by Crippen LogP contribution is 2.27. The van der Waals surface area contributed by atoms with E-state index in [1.165, 1.54) is 0 Å². The van der Waals surface area contributed by atoms with Crippen molar-refractivity contribution in [2.24, 2.45) is 0 Å². The zero-order valence-electron chi connectivity index (χ0n) is 16.7. The number of rotatable bonds is 4. The van der Waals surface area contributed by atoms with Gasteiger partial charge in [-0.2, -0.15) is 0 Å². The topological polar surface area (TPSA) is 49.3 Å². The number of amides is 1. The van der Waals surface area contributed by atoms with Crippen molar-refractivity contribution in [3.8, 4) is 0 Å². The highest BCUT2D eigenvalue weighted by Gasteiger charge is 2.28. The van der Waals surface area contributed by atoms with Crippen LogP contribution in [0.2, 0.25) is 0 Å². The molecule has 3 heterocycles. The Balaban J connectivity index is 1.57. The van der Waals surface area contributed by atoms with Gasteiger partial charge in [0.25, 0.3) is 5.91 Å². The summed E-state index contributed by atoms with van der Waals surface area (Å²) in [5.74, 6) is 0.132. The fourth-order valence-electron chi connectivity index (χ4n) is 4.05. The first kappa shape index (κ1) is 19.0. The maximum absolute atomic E-state index is 13.5. The number of para-hydroxylation sites is 1. The minimum absolute atomic E-state index is 0.132. The molecule has 1 saturated heterocycles. The van der Waals surface area contributed by atoms with Crippen molar-refractivity contribution in [2.75, 3.05) is 26.2 Å². The molecule has 1 amide bonds. The number of hydrogen-bond donors (Lipinski definition) is 0. The SMILES string of the molecule is CCc1nc2ccccc2c(C(=O)N2CCN(C(C)c3nccs3)CC2)c1C. The Morgan fingerprint density at radius 3 is 2.64 bits per heavy atom. The third-order valence-corrected chi connectivity index (χ3v) is 6.69. The van der Waals surface area contributed by atoms with E-state index < -0.39 is 0 Å². The van der Waals surface area contributed by atoms with Crippen LogP contribution in [0, 0.1) is 6.92 Å². The largest absolute Gasteiger partial charge is 0.336 e. The van der Waals surface area contributed by atoms with Crippen LogP contribution in [-0.4, -0.2) is 51.9 Å². The molecule has 0 N–H and O–H groups in total. The number of hydrogen-bond acceptors (Lipinski definition) is 5. The fraction of sp³-hybridized carbons (Fsp3) is 0.409. The Morgan fingerprint density at radius 1 is 1.21 bits per heavy atom. The third kappa shape index (κ3) is 3.42. The zero-order valence-corrected chi connectivity index (χ0v) is 17.5. The quantitative estimate of drug-likeness (QED) is 0.669. The molecule has 2 aromatic heterocycles. The van der Waals surface area contributed by atoms with Gasteiger partial charge in [0.2, 0.25) is 0 Å². The van der Waals surface area contributed by atoms with Crippen molar-refractivity contribution < 1.29 is 4.79 Å². The first-order chi connectivity index (χ1) is 13.6. The Labute approximate surface area is 170 Å². The molecule has 1 aliphatic rings. The van der Waals surface area contributed by atoms with E-state index >= 15 is 0 Å². The van der Waals surface area contributed by atoms with Crippen LogP contribution in [0.15, 0.2) is 35.8 Å². The Hall–Kier alpha value is -2.31. The summed E-state index contributed by atoms with van der Waals surface area (Å²) in [7, 11) is 0. The molecule has 0 bridgehead atoms. The number of fused-ring (bicyclic) bond motifs is 1. The number of nitrogens with zero attached hydrogens (tertiary/aromatic N) is 4. The molecular weight excluding hydrogens is 368 g/mol. The number of carbonyl (C=O) groups is 1. The number of carbonyl (C=O) groups excluding carboxylic acids is 1. The number of thiazole rings is 1. The molecule has 3 aromatic rings. The highest BCUT2D eigenvalue weighted by atomic mass is 32.1. The fourth-order valence-corrected chi connectivity index (χ4v) is 4.77. The van der Waals surface area contributed by atoms with E-state index in [4.69, 9.17) is 4.98 Å². The Bertz CT molecular complexity index is 978. The summed E-state index contributed by atoms with van der Waals surface area (Å²) in [6.45, 7) is 9.55. The number of aromatic nitrogens is 2. The lowest BCUT2D eigenvalue weighted by atomic mass is 9.99. The molecule has 28 heavy (non-hydrogen) atoms. The van der Waals surface area contributed by atoms with Gasteiger partial charge in [0.15, 0.2) is 0 Å². The monoisotopic (exact) mass is 394 g/mol. The summed E-state index contributed by atoms with van der Waals surface area (Å²) < 4.78 is 0. The van der Waals surface area contributed by atoms with Gasteiger partial charge in [0, 0.05) is 48.8 Å². The highest BCUT2D eigenvalue weighted by molar-refractivity contribution is 7.09. The second kappa shape index (κ2) is 7.97. The average molecular weight is 395 g/mol. The lowest BCUT2D eigenvalue weighted by molar-refractivity contribution is 0.0583. The van der Waals surface area contributed by atoms with Crippen LogP contribution in [-0.2, 0) is 6.42 Å². The van der Waals surface area contributed by atoms with Gasteiger partial charge in [-0.1, -0.05) is 25.1 Å². The second-order valence-electron chi connectivity index (χ2n) is 7.30. The zero-order chi connectivity index (χ0) is 19.7.